The maximum Gasteiger partial charge on any atom is 0.0474 e. The van der Waals surface area contributed by atoms with E-state index in [-0.39, 0.29) is 0 Å². The first-order chi connectivity index (χ1) is 6.24. The fourth-order valence-corrected chi connectivity index (χ4v) is 2.20. The van der Waals surface area contributed by atoms with E-state index in [0.717, 1.165) is 11.6 Å². The molecule has 0 saturated heterocycles. The molecule has 2 rings (SSSR count). The van der Waals surface area contributed by atoms with Crippen molar-refractivity contribution in [2.24, 2.45) is 5.73 Å². The molecule has 1 aliphatic heterocycles. The van der Waals surface area contributed by atoms with Gasteiger partial charge in [0.2, 0.25) is 0 Å². The monoisotopic (exact) mass is 196 g/mol. The summed E-state index contributed by atoms with van der Waals surface area (Å²) in [6.45, 7) is 1.57. The normalized spacial score (nSPS) is 21.9. The Morgan fingerprint density at radius 2 is 2.38 bits per heavy atom. The van der Waals surface area contributed by atoms with Gasteiger partial charge in [0.15, 0.2) is 0 Å². The predicted octanol–water partition coefficient (Wildman–Crippen LogP) is 1.79. The minimum Gasteiger partial charge on any atom is -0.329 e. The molecule has 0 spiro atoms. The minimum atomic E-state index is 0.341. The van der Waals surface area contributed by atoms with E-state index >= 15 is 0 Å². The molecular formula is C10H13ClN2. The van der Waals surface area contributed by atoms with Crippen LogP contribution in [-0.2, 0) is 6.54 Å². The Balaban J connectivity index is 2.48. The first-order valence-corrected chi connectivity index (χ1v) is 4.79. The van der Waals surface area contributed by atoms with Crippen molar-refractivity contribution in [3.63, 3.8) is 0 Å². The van der Waals surface area contributed by atoms with E-state index < -0.39 is 0 Å². The summed E-state index contributed by atoms with van der Waals surface area (Å²) in [5, 5.41) is 0.861. The summed E-state index contributed by atoms with van der Waals surface area (Å²) >= 11 is 6.09. The van der Waals surface area contributed by atoms with Crippen molar-refractivity contribution in [1.29, 1.82) is 0 Å². The number of hydrogen-bond donors (Lipinski definition) is 1. The number of benzene rings is 1. The Hall–Kier alpha value is -0.570. The Morgan fingerprint density at radius 1 is 1.62 bits per heavy atom. The molecule has 2 nitrogen and oxygen atoms in total. The lowest BCUT2D eigenvalue weighted by Gasteiger charge is -2.17. The van der Waals surface area contributed by atoms with Gasteiger partial charge in [-0.05, 0) is 24.2 Å². The zero-order chi connectivity index (χ0) is 9.42. The van der Waals surface area contributed by atoms with Gasteiger partial charge in [-0.25, -0.2) is 0 Å². The molecule has 0 aliphatic carbocycles. The summed E-state index contributed by atoms with van der Waals surface area (Å²) in [5.74, 6) is 0. The fraction of sp³-hybridized carbons (Fsp3) is 0.400. The molecule has 0 saturated carbocycles. The van der Waals surface area contributed by atoms with Crippen molar-refractivity contribution >= 4 is 11.6 Å². The first-order valence-electron chi connectivity index (χ1n) is 4.41. The molecule has 0 radical (unpaired) electrons. The van der Waals surface area contributed by atoms with Gasteiger partial charge in [0.1, 0.15) is 0 Å². The molecule has 1 aromatic carbocycles. The SMILES string of the molecule is CN1Cc2c(Cl)cccc2C1CN. The van der Waals surface area contributed by atoms with Gasteiger partial charge < -0.3 is 5.73 Å². The molecule has 1 atom stereocenters. The quantitative estimate of drug-likeness (QED) is 0.742. The van der Waals surface area contributed by atoms with Gasteiger partial charge in [0.05, 0.1) is 0 Å². The maximum atomic E-state index is 6.09. The van der Waals surface area contributed by atoms with Crippen LogP contribution in [0.4, 0.5) is 0 Å². The summed E-state index contributed by atoms with van der Waals surface area (Å²) in [6.07, 6.45) is 0. The number of nitrogens with zero attached hydrogens (tertiary/aromatic N) is 1. The third kappa shape index (κ3) is 1.35. The fourth-order valence-electron chi connectivity index (χ4n) is 1.96. The highest BCUT2D eigenvalue weighted by atomic mass is 35.5. The summed E-state index contributed by atoms with van der Waals surface area (Å²) in [4.78, 5) is 2.23. The molecule has 1 aliphatic rings. The molecule has 2 N–H and O–H groups in total. The first kappa shape index (κ1) is 9.00. The molecule has 3 heteroatoms. The van der Waals surface area contributed by atoms with Crippen molar-refractivity contribution in [1.82, 2.24) is 4.90 Å². The van der Waals surface area contributed by atoms with E-state index in [2.05, 4.69) is 18.0 Å². The van der Waals surface area contributed by atoms with Crippen molar-refractivity contribution in [2.75, 3.05) is 13.6 Å². The van der Waals surface area contributed by atoms with Gasteiger partial charge in [0, 0.05) is 24.2 Å². The van der Waals surface area contributed by atoms with E-state index in [4.69, 9.17) is 17.3 Å². The van der Waals surface area contributed by atoms with E-state index in [1.807, 2.05) is 12.1 Å². The van der Waals surface area contributed by atoms with Gasteiger partial charge in [-0.3, -0.25) is 4.90 Å². The highest BCUT2D eigenvalue weighted by Gasteiger charge is 2.27. The topological polar surface area (TPSA) is 29.3 Å². The second-order valence-corrected chi connectivity index (χ2v) is 3.88. The number of nitrogens with two attached hydrogens (primary N) is 1. The van der Waals surface area contributed by atoms with Crippen molar-refractivity contribution in [2.45, 2.75) is 12.6 Å². The number of hydrogen-bond acceptors (Lipinski definition) is 2. The molecule has 0 aromatic heterocycles. The lowest BCUT2D eigenvalue weighted by atomic mass is 10.1. The van der Waals surface area contributed by atoms with Gasteiger partial charge >= 0.3 is 0 Å². The summed E-state index contributed by atoms with van der Waals surface area (Å²) < 4.78 is 0. The third-order valence-electron chi connectivity index (χ3n) is 2.68. The lowest BCUT2D eigenvalue weighted by Crippen LogP contribution is -2.23. The molecule has 1 unspecified atom stereocenters. The molecule has 1 aromatic rings. The van der Waals surface area contributed by atoms with E-state index in [1.165, 1.54) is 11.1 Å². The molecule has 0 fully saturated rings. The van der Waals surface area contributed by atoms with Gasteiger partial charge in [-0.15, -0.1) is 0 Å². The second-order valence-electron chi connectivity index (χ2n) is 3.47. The van der Waals surface area contributed by atoms with E-state index in [0.29, 0.717) is 12.6 Å². The number of rotatable bonds is 1. The average Bonchev–Trinajstić information content (AvgIpc) is 2.43. The van der Waals surface area contributed by atoms with Crippen LogP contribution in [0.5, 0.6) is 0 Å². The van der Waals surface area contributed by atoms with Crippen LogP contribution >= 0.6 is 11.6 Å². The highest BCUT2D eigenvalue weighted by molar-refractivity contribution is 6.31. The molecule has 70 valence electrons. The zero-order valence-electron chi connectivity index (χ0n) is 7.63. The van der Waals surface area contributed by atoms with Crippen LogP contribution in [-0.4, -0.2) is 18.5 Å². The van der Waals surface area contributed by atoms with E-state index in [9.17, 15) is 0 Å². The largest absolute Gasteiger partial charge is 0.329 e. The van der Waals surface area contributed by atoms with Crippen LogP contribution in [0.15, 0.2) is 18.2 Å². The van der Waals surface area contributed by atoms with Gasteiger partial charge in [-0.1, -0.05) is 23.7 Å². The second kappa shape index (κ2) is 3.29. The van der Waals surface area contributed by atoms with Crippen LogP contribution in [0.25, 0.3) is 0 Å². The van der Waals surface area contributed by atoms with Crippen LogP contribution in [0.3, 0.4) is 0 Å². The molecule has 0 bridgehead atoms. The van der Waals surface area contributed by atoms with Gasteiger partial charge in [-0.2, -0.15) is 0 Å². The summed E-state index contributed by atoms with van der Waals surface area (Å²) in [5.41, 5.74) is 8.23. The molecular weight excluding hydrogens is 184 g/mol. The lowest BCUT2D eigenvalue weighted by molar-refractivity contribution is 0.274. The zero-order valence-corrected chi connectivity index (χ0v) is 8.38. The predicted molar refractivity (Wildman–Crippen MR) is 54.7 cm³/mol. The van der Waals surface area contributed by atoms with Crippen LogP contribution < -0.4 is 5.73 Å². The Morgan fingerprint density at radius 3 is 3.08 bits per heavy atom. The molecule has 13 heavy (non-hydrogen) atoms. The number of halogens is 1. The smallest absolute Gasteiger partial charge is 0.0474 e. The van der Waals surface area contributed by atoms with Crippen molar-refractivity contribution < 1.29 is 0 Å². The van der Waals surface area contributed by atoms with Crippen LogP contribution in [0, 0.1) is 0 Å². The van der Waals surface area contributed by atoms with Crippen molar-refractivity contribution in [3.05, 3.63) is 34.3 Å². The Labute approximate surface area is 83.3 Å². The molecule has 0 amide bonds. The minimum absolute atomic E-state index is 0.341. The standard InChI is InChI=1S/C10H13ClN2/c1-13-6-8-7(10(13)5-12)3-2-4-9(8)11/h2-4,10H,5-6,12H2,1H3. The van der Waals surface area contributed by atoms with E-state index in [1.54, 1.807) is 0 Å². The maximum absolute atomic E-state index is 6.09. The Bertz CT molecular complexity index is 325. The van der Waals surface area contributed by atoms with Crippen LogP contribution in [0.1, 0.15) is 17.2 Å². The average molecular weight is 197 g/mol. The summed E-state index contributed by atoms with van der Waals surface area (Å²) in [6, 6.07) is 6.38. The summed E-state index contributed by atoms with van der Waals surface area (Å²) in [7, 11) is 2.08. The van der Waals surface area contributed by atoms with Crippen LogP contribution in [0.2, 0.25) is 5.02 Å². The Kier molecular flexibility index (Phi) is 2.28. The highest BCUT2D eigenvalue weighted by Crippen LogP contribution is 2.35. The number of likely N-dealkylation sites (N-methyl/N-ethyl adjacent to an activating group) is 1. The van der Waals surface area contributed by atoms with Gasteiger partial charge in [0.25, 0.3) is 0 Å². The number of fused-ring (bicyclic) bond motifs is 1. The molecule has 1 heterocycles. The third-order valence-corrected chi connectivity index (χ3v) is 3.03. The van der Waals surface area contributed by atoms with Crippen molar-refractivity contribution in [3.8, 4) is 0 Å².